The second kappa shape index (κ2) is 6.94. The number of carbonyl (C=O) groups is 2. The van der Waals surface area contributed by atoms with Gasteiger partial charge in [-0.3, -0.25) is 9.59 Å². The Labute approximate surface area is 172 Å². The van der Waals surface area contributed by atoms with Crippen LogP contribution in [0.1, 0.15) is 35.3 Å². The van der Waals surface area contributed by atoms with Gasteiger partial charge >= 0.3 is 0 Å². The average molecular weight is 420 g/mol. The van der Waals surface area contributed by atoms with Gasteiger partial charge in [-0.2, -0.15) is 0 Å². The van der Waals surface area contributed by atoms with Gasteiger partial charge in [0.1, 0.15) is 11.4 Å². The fourth-order valence-corrected chi connectivity index (χ4v) is 4.42. The molecule has 3 aliphatic rings. The van der Waals surface area contributed by atoms with Crippen LogP contribution in [-0.4, -0.2) is 34.5 Å². The van der Waals surface area contributed by atoms with E-state index in [1.54, 1.807) is 30.3 Å². The van der Waals surface area contributed by atoms with Crippen LogP contribution < -0.4 is 15.4 Å². The van der Waals surface area contributed by atoms with Crippen molar-refractivity contribution < 1.29 is 14.3 Å². The highest BCUT2D eigenvalue weighted by Gasteiger charge is 2.69. The van der Waals surface area contributed by atoms with Gasteiger partial charge in [0.05, 0.1) is 5.02 Å². The Bertz CT molecular complexity index is 944. The lowest BCUT2D eigenvalue weighted by molar-refractivity contribution is -0.141. The average Bonchev–Trinajstić information content (AvgIpc) is 2.60. The summed E-state index contributed by atoms with van der Waals surface area (Å²) >= 11 is 12.0. The molecule has 2 amide bonds. The first kappa shape index (κ1) is 19.0. The summed E-state index contributed by atoms with van der Waals surface area (Å²) in [6.45, 7) is 1.81. The van der Waals surface area contributed by atoms with Crippen molar-refractivity contribution in [1.29, 1.82) is 0 Å². The van der Waals surface area contributed by atoms with Gasteiger partial charge in [-0.15, -0.1) is 0 Å². The van der Waals surface area contributed by atoms with Crippen LogP contribution >= 0.6 is 23.2 Å². The van der Waals surface area contributed by atoms with Crippen molar-refractivity contribution in [2.24, 2.45) is 0 Å². The van der Waals surface area contributed by atoms with Crippen LogP contribution in [0.3, 0.4) is 0 Å². The van der Waals surface area contributed by atoms with Crippen molar-refractivity contribution in [3.63, 3.8) is 0 Å². The largest absolute Gasteiger partial charge is 0.484 e. The standard InChI is InChI=1S/C20H19Cl2N3O3/c1-12-7-13(4-5-14(12)21)28-8-16(26)24-19-9-20(10-19,11-19)25-18(27)17-15(22)3-2-6-23-17/h2-7H,8-11H2,1H3,(H,24,26)(H,25,27). The molecule has 3 aliphatic carbocycles. The highest BCUT2D eigenvalue weighted by Crippen LogP contribution is 2.60. The molecule has 0 radical (unpaired) electrons. The molecule has 0 spiro atoms. The number of aromatic nitrogens is 1. The van der Waals surface area contributed by atoms with Crippen LogP contribution in [0.5, 0.6) is 5.75 Å². The van der Waals surface area contributed by atoms with Gasteiger partial charge in [0.2, 0.25) is 0 Å². The van der Waals surface area contributed by atoms with E-state index in [1.165, 1.54) is 6.20 Å². The number of nitrogens with zero attached hydrogens (tertiary/aromatic N) is 1. The zero-order valence-electron chi connectivity index (χ0n) is 15.2. The lowest BCUT2D eigenvalue weighted by Gasteiger charge is -2.70. The van der Waals surface area contributed by atoms with Crippen molar-refractivity contribution >= 4 is 35.0 Å². The quantitative estimate of drug-likeness (QED) is 0.752. The maximum absolute atomic E-state index is 12.4. The van der Waals surface area contributed by atoms with Gasteiger partial charge in [0.25, 0.3) is 11.8 Å². The van der Waals surface area contributed by atoms with Crippen LogP contribution in [0, 0.1) is 6.92 Å². The molecule has 6 nitrogen and oxygen atoms in total. The minimum atomic E-state index is -0.285. The summed E-state index contributed by atoms with van der Waals surface area (Å²) in [5.41, 5.74) is 0.583. The van der Waals surface area contributed by atoms with Gasteiger partial charge in [0, 0.05) is 22.3 Å². The highest BCUT2D eigenvalue weighted by atomic mass is 35.5. The predicted octanol–water partition coefficient (Wildman–Crippen LogP) is 3.30. The van der Waals surface area contributed by atoms with Crippen molar-refractivity contribution in [2.75, 3.05) is 6.61 Å². The molecule has 0 atom stereocenters. The molecule has 3 saturated carbocycles. The highest BCUT2D eigenvalue weighted by molar-refractivity contribution is 6.33. The molecule has 1 heterocycles. The zero-order chi connectivity index (χ0) is 19.9. The van der Waals surface area contributed by atoms with Gasteiger partial charge < -0.3 is 15.4 Å². The fraction of sp³-hybridized carbons (Fsp3) is 0.350. The summed E-state index contributed by atoms with van der Waals surface area (Å²) in [6, 6.07) is 8.58. The smallest absolute Gasteiger partial charge is 0.271 e. The molecule has 5 rings (SSSR count). The SMILES string of the molecule is Cc1cc(OCC(=O)NC23CC(NC(=O)c4ncccc4Cl)(C2)C3)ccc1Cl. The first-order valence-electron chi connectivity index (χ1n) is 8.93. The number of hydrogen-bond donors (Lipinski definition) is 2. The van der Waals surface area contributed by atoms with E-state index < -0.39 is 0 Å². The molecule has 0 aliphatic heterocycles. The molecule has 3 fully saturated rings. The number of carbonyl (C=O) groups excluding carboxylic acids is 2. The first-order chi connectivity index (χ1) is 13.3. The predicted molar refractivity (Wildman–Crippen MR) is 106 cm³/mol. The van der Waals surface area contributed by atoms with Crippen LogP contribution in [-0.2, 0) is 4.79 Å². The first-order valence-corrected chi connectivity index (χ1v) is 9.68. The van der Waals surface area contributed by atoms with E-state index in [4.69, 9.17) is 27.9 Å². The number of amides is 2. The molecule has 0 unspecified atom stereocenters. The third-order valence-electron chi connectivity index (χ3n) is 5.29. The molecule has 0 saturated heterocycles. The summed E-state index contributed by atoms with van der Waals surface area (Å²) < 4.78 is 5.53. The van der Waals surface area contributed by atoms with Crippen LogP contribution in [0.4, 0.5) is 0 Å². The molecule has 146 valence electrons. The Kier molecular flexibility index (Phi) is 4.71. The van der Waals surface area contributed by atoms with E-state index >= 15 is 0 Å². The Hall–Kier alpha value is -2.31. The van der Waals surface area contributed by atoms with E-state index in [1.807, 2.05) is 6.92 Å². The number of hydrogen-bond acceptors (Lipinski definition) is 4. The summed E-state index contributed by atoms with van der Waals surface area (Å²) in [4.78, 5) is 28.6. The number of ether oxygens (including phenoxy) is 1. The van der Waals surface area contributed by atoms with E-state index in [2.05, 4.69) is 15.6 Å². The third kappa shape index (κ3) is 3.54. The summed E-state index contributed by atoms with van der Waals surface area (Å²) in [7, 11) is 0. The monoisotopic (exact) mass is 419 g/mol. The van der Waals surface area contributed by atoms with E-state index in [0.717, 1.165) is 5.56 Å². The molecule has 1 aromatic carbocycles. The Balaban J connectivity index is 1.25. The van der Waals surface area contributed by atoms with Gasteiger partial charge in [-0.25, -0.2) is 4.98 Å². The molecule has 2 N–H and O–H groups in total. The normalized spacial score (nSPS) is 24.5. The van der Waals surface area contributed by atoms with E-state index in [0.29, 0.717) is 35.1 Å². The second-order valence-electron chi connectivity index (χ2n) is 7.63. The molecule has 2 aromatic rings. The topological polar surface area (TPSA) is 80.3 Å². The Morgan fingerprint density at radius 3 is 2.50 bits per heavy atom. The van der Waals surface area contributed by atoms with Gasteiger partial charge in [-0.1, -0.05) is 23.2 Å². The van der Waals surface area contributed by atoms with Crippen LogP contribution in [0.15, 0.2) is 36.5 Å². The zero-order valence-corrected chi connectivity index (χ0v) is 16.7. The number of benzene rings is 1. The van der Waals surface area contributed by atoms with E-state index in [-0.39, 0.29) is 35.2 Å². The van der Waals surface area contributed by atoms with Crippen molar-refractivity contribution in [3.05, 3.63) is 57.8 Å². The van der Waals surface area contributed by atoms with Gasteiger partial charge in [0.15, 0.2) is 6.61 Å². The molecule has 8 heteroatoms. The van der Waals surface area contributed by atoms with E-state index in [9.17, 15) is 9.59 Å². The van der Waals surface area contributed by atoms with Crippen LogP contribution in [0.25, 0.3) is 0 Å². The number of pyridine rings is 1. The minimum Gasteiger partial charge on any atom is -0.484 e. The maximum atomic E-state index is 12.4. The molecule has 2 bridgehead atoms. The Morgan fingerprint density at radius 2 is 1.82 bits per heavy atom. The summed E-state index contributed by atoms with van der Waals surface area (Å²) in [5.74, 6) is 0.136. The third-order valence-corrected chi connectivity index (χ3v) is 6.02. The second-order valence-corrected chi connectivity index (χ2v) is 8.44. The van der Waals surface area contributed by atoms with Gasteiger partial charge in [-0.05, 0) is 62.1 Å². The number of rotatable bonds is 6. The van der Waals surface area contributed by atoms with Crippen LogP contribution in [0.2, 0.25) is 10.0 Å². The van der Waals surface area contributed by atoms with Crippen molar-refractivity contribution in [1.82, 2.24) is 15.6 Å². The Morgan fingerprint density at radius 1 is 1.11 bits per heavy atom. The lowest BCUT2D eigenvalue weighted by atomic mass is 9.44. The minimum absolute atomic E-state index is 0.0638. The lowest BCUT2D eigenvalue weighted by Crippen LogP contribution is -2.84. The number of aryl methyl sites for hydroxylation is 1. The molecular weight excluding hydrogens is 401 g/mol. The van der Waals surface area contributed by atoms with Crippen molar-refractivity contribution in [2.45, 2.75) is 37.3 Å². The molecule has 1 aromatic heterocycles. The van der Waals surface area contributed by atoms with Crippen molar-refractivity contribution in [3.8, 4) is 5.75 Å². The summed E-state index contributed by atoms with van der Waals surface area (Å²) in [5, 5.41) is 7.00. The molecule has 28 heavy (non-hydrogen) atoms. The fourth-order valence-electron chi connectivity index (χ4n) is 4.09. The summed E-state index contributed by atoms with van der Waals surface area (Å²) in [6.07, 6.45) is 3.62. The molecular formula is C20H19Cl2N3O3. The number of halogens is 2. The number of nitrogens with one attached hydrogen (secondary N) is 2. The maximum Gasteiger partial charge on any atom is 0.271 e.